The second-order valence-corrected chi connectivity index (χ2v) is 4.64. The molecule has 1 atom stereocenters. The van der Waals surface area contributed by atoms with Crippen LogP contribution in [0.3, 0.4) is 0 Å². The van der Waals surface area contributed by atoms with Crippen LogP contribution in [-0.2, 0) is 9.47 Å². The molecular weight excluding hydrogens is 273 g/mol. The Hall–Kier alpha value is -0.470. The summed E-state index contributed by atoms with van der Waals surface area (Å²) >= 11 is 0. The molecule has 0 radical (unpaired) electrons. The number of hydrogen-bond donors (Lipinski definition) is 1. The number of halogens is 5. The SMILES string of the molecule is COCC(CNCC(C)C)OCC(F)(F)C(F)(F)F. The Kier molecular flexibility index (Phi) is 7.76. The van der Waals surface area contributed by atoms with Gasteiger partial charge in [0.15, 0.2) is 0 Å². The van der Waals surface area contributed by atoms with E-state index in [9.17, 15) is 22.0 Å². The van der Waals surface area contributed by atoms with E-state index in [1.165, 1.54) is 7.11 Å². The first-order valence-electron chi connectivity index (χ1n) is 5.86. The predicted molar refractivity (Wildman–Crippen MR) is 60.3 cm³/mol. The molecule has 116 valence electrons. The molecule has 1 unspecified atom stereocenters. The van der Waals surface area contributed by atoms with Gasteiger partial charge in [0.05, 0.1) is 12.7 Å². The molecular formula is C11H20F5NO2. The van der Waals surface area contributed by atoms with Crippen molar-refractivity contribution < 1.29 is 31.4 Å². The first-order valence-corrected chi connectivity index (χ1v) is 5.86. The van der Waals surface area contributed by atoms with E-state index in [4.69, 9.17) is 4.74 Å². The smallest absolute Gasteiger partial charge is 0.382 e. The fraction of sp³-hybridized carbons (Fsp3) is 1.00. The van der Waals surface area contributed by atoms with Gasteiger partial charge in [0, 0.05) is 13.7 Å². The van der Waals surface area contributed by atoms with Crippen LogP contribution >= 0.6 is 0 Å². The van der Waals surface area contributed by atoms with E-state index in [1.807, 2.05) is 13.8 Å². The van der Waals surface area contributed by atoms with Crippen LogP contribution in [0, 0.1) is 5.92 Å². The first-order chi connectivity index (χ1) is 8.60. The number of ether oxygens (including phenoxy) is 2. The highest BCUT2D eigenvalue weighted by molar-refractivity contribution is 4.76. The topological polar surface area (TPSA) is 30.5 Å². The monoisotopic (exact) mass is 293 g/mol. The van der Waals surface area contributed by atoms with E-state index in [0.29, 0.717) is 12.5 Å². The third kappa shape index (κ3) is 7.64. The lowest BCUT2D eigenvalue weighted by Crippen LogP contribution is -2.44. The zero-order valence-corrected chi connectivity index (χ0v) is 11.2. The van der Waals surface area contributed by atoms with Crippen molar-refractivity contribution in [3.63, 3.8) is 0 Å². The molecule has 0 heterocycles. The van der Waals surface area contributed by atoms with E-state index in [2.05, 4.69) is 10.1 Å². The minimum atomic E-state index is -5.60. The molecule has 0 aliphatic heterocycles. The summed E-state index contributed by atoms with van der Waals surface area (Å²) in [7, 11) is 1.32. The van der Waals surface area contributed by atoms with Gasteiger partial charge in [0.1, 0.15) is 6.61 Å². The summed E-state index contributed by atoms with van der Waals surface area (Å²) in [5.74, 6) is -4.52. The Labute approximate surface area is 109 Å². The van der Waals surface area contributed by atoms with Crippen molar-refractivity contribution in [3.05, 3.63) is 0 Å². The number of methoxy groups -OCH3 is 1. The Morgan fingerprint density at radius 2 is 1.63 bits per heavy atom. The minimum Gasteiger partial charge on any atom is -0.382 e. The molecule has 0 saturated carbocycles. The van der Waals surface area contributed by atoms with Gasteiger partial charge in [-0.25, -0.2) is 0 Å². The van der Waals surface area contributed by atoms with Gasteiger partial charge in [-0.15, -0.1) is 0 Å². The van der Waals surface area contributed by atoms with Gasteiger partial charge in [-0.05, 0) is 12.5 Å². The molecule has 0 rings (SSSR count). The van der Waals surface area contributed by atoms with Crippen molar-refractivity contribution in [2.24, 2.45) is 5.92 Å². The molecule has 0 amide bonds. The highest BCUT2D eigenvalue weighted by atomic mass is 19.4. The lowest BCUT2D eigenvalue weighted by Gasteiger charge is -2.23. The van der Waals surface area contributed by atoms with Gasteiger partial charge in [-0.3, -0.25) is 0 Å². The number of alkyl halides is 5. The molecule has 1 N–H and O–H groups in total. The third-order valence-corrected chi connectivity index (χ3v) is 2.19. The third-order valence-electron chi connectivity index (χ3n) is 2.19. The van der Waals surface area contributed by atoms with Crippen LogP contribution in [-0.4, -0.2) is 51.6 Å². The Bertz CT molecular complexity index is 246. The fourth-order valence-corrected chi connectivity index (χ4v) is 1.19. The highest BCUT2D eigenvalue weighted by Gasteiger charge is 2.57. The van der Waals surface area contributed by atoms with Crippen LogP contribution in [0.25, 0.3) is 0 Å². The Morgan fingerprint density at radius 1 is 1.05 bits per heavy atom. The summed E-state index contributed by atoms with van der Waals surface area (Å²) < 4.78 is 70.5. The first kappa shape index (κ1) is 18.5. The molecule has 0 bridgehead atoms. The minimum absolute atomic E-state index is 0.0565. The van der Waals surface area contributed by atoms with Gasteiger partial charge < -0.3 is 14.8 Å². The van der Waals surface area contributed by atoms with E-state index in [0.717, 1.165) is 0 Å². The standard InChI is InChI=1S/C11H20F5NO2/c1-8(2)4-17-5-9(6-18-3)19-7-10(12,13)11(14,15)16/h8-9,17H,4-7H2,1-3H3. The second kappa shape index (κ2) is 7.96. The highest BCUT2D eigenvalue weighted by Crippen LogP contribution is 2.35. The normalized spacial score (nSPS) is 15.0. The van der Waals surface area contributed by atoms with Crippen molar-refractivity contribution in [1.82, 2.24) is 5.32 Å². The van der Waals surface area contributed by atoms with Gasteiger partial charge in [-0.1, -0.05) is 13.8 Å². The number of nitrogens with one attached hydrogen (secondary N) is 1. The largest absolute Gasteiger partial charge is 0.455 e. The zero-order valence-electron chi connectivity index (χ0n) is 11.2. The molecule has 8 heteroatoms. The van der Waals surface area contributed by atoms with Crippen molar-refractivity contribution in [1.29, 1.82) is 0 Å². The molecule has 0 aliphatic carbocycles. The van der Waals surface area contributed by atoms with Crippen LogP contribution in [0.4, 0.5) is 22.0 Å². The number of rotatable bonds is 9. The van der Waals surface area contributed by atoms with Crippen molar-refractivity contribution in [3.8, 4) is 0 Å². The maximum atomic E-state index is 12.7. The Balaban J connectivity index is 4.20. The summed E-state index contributed by atoms with van der Waals surface area (Å²) in [4.78, 5) is 0. The van der Waals surface area contributed by atoms with Gasteiger partial charge in [-0.2, -0.15) is 22.0 Å². The summed E-state index contributed by atoms with van der Waals surface area (Å²) in [6.07, 6.45) is -6.45. The molecule has 0 saturated heterocycles. The van der Waals surface area contributed by atoms with Crippen LogP contribution in [0.5, 0.6) is 0 Å². The molecule has 0 aromatic carbocycles. The van der Waals surface area contributed by atoms with Gasteiger partial charge in [0.25, 0.3) is 0 Å². The van der Waals surface area contributed by atoms with Crippen LogP contribution in [0.1, 0.15) is 13.8 Å². The lowest BCUT2D eigenvalue weighted by molar-refractivity contribution is -0.300. The van der Waals surface area contributed by atoms with E-state index in [-0.39, 0.29) is 13.2 Å². The molecule has 0 spiro atoms. The maximum Gasteiger partial charge on any atom is 0.455 e. The van der Waals surface area contributed by atoms with Crippen molar-refractivity contribution in [2.75, 3.05) is 33.4 Å². The summed E-state index contributed by atoms with van der Waals surface area (Å²) in [6, 6.07) is 0. The van der Waals surface area contributed by atoms with Crippen molar-refractivity contribution >= 4 is 0 Å². The van der Waals surface area contributed by atoms with Crippen LogP contribution in [0.15, 0.2) is 0 Å². The van der Waals surface area contributed by atoms with Gasteiger partial charge >= 0.3 is 12.1 Å². The van der Waals surface area contributed by atoms with E-state index >= 15 is 0 Å². The lowest BCUT2D eigenvalue weighted by atomic mass is 10.2. The second-order valence-electron chi connectivity index (χ2n) is 4.64. The van der Waals surface area contributed by atoms with Gasteiger partial charge in [0.2, 0.25) is 0 Å². The molecule has 0 aromatic heterocycles. The average Bonchev–Trinajstić information content (AvgIpc) is 2.24. The molecule has 0 fully saturated rings. The number of hydrogen-bond acceptors (Lipinski definition) is 3. The summed E-state index contributed by atoms with van der Waals surface area (Å²) in [6.45, 7) is 2.89. The van der Waals surface area contributed by atoms with Crippen molar-refractivity contribution in [2.45, 2.75) is 32.1 Å². The molecule has 0 aliphatic rings. The molecule has 19 heavy (non-hydrogen) atoms. The molecule has 0 aromatic rings. The zero-order chi connectivity index (χ0) is 15.1. The average molecular weight is 293 g/mol. The van der Waals surface area contributed by atoms with Crippen LogP contribution in [0.2, 0.25) is 0 Å². The predicted octanol–water partition coefficient (Wildman–Crippen LogP) is 2.46. The Morgan fingerprint density at radius 3 is 2.05 bits per heavy atom. The van der Waals surface area contributed by atoms with E-state index < -0.39 is 24.8 Å². The van der Waals surface area contributed by atoms with Crippen LogP contribution < -0.4 is 5.32 Å². The summed E-state index contributed by atoms with van der Waals surface area (Å²) in [5, 5.41) is 2.91. The quantitative estimate of drug-likeness (QED) is 0.662. The van der Waals surface area contributed by atoms with E-state index in [1.54, 1.807) is 0 Å². The fourth-order valence-electron chi connectivity index (χ4n) is 1.19. The maximum absolute atomic E-state index is 12.7. The molecule has 3 nitrogen and oxygen atoms in total. The summed E-state index contributed by atoms with van der Waals surface area (Å²) in [5.41, 5.74) is 0.